The van der Waals surface area contributed by atoms with Crippen LogP contribution in [-0.4, -0.2) is 14.9 Å². The molecule has 0 amide bonds. The quantitative estimate of drug-likeness (QED) is 0.234. The highest BCUT2D eigenvalue weighted by Gasteiger charge is 2.39. The van der Waals surface area contributed by atoms with Crippen molar-refractivity contribution in [2.45, 2.75) is 5.54 Å². The van der Waals surface area contributed by atoms with E-state index in [1.54, 1.807) is 0 Å². The first-order valence-corrected chi connectivity index (χ1v) is 12.3. The van der Waals surface area contributed by atoms with Crippen molar-refractivity contribution in [3.05, 3.63) is 167 Å². The maximum atomic E-state index is 12.4. The molecule has 0 aliphatic carbocycles. The van der Waals surface area contributed by atoms with Crippen molar-refractivity contribution in [1.29, 1.82) is 0 Å². The van der Waals surface area contributed by atoms with Gasteiger partial charge in [-0.05, 0) is 28.2 Å². The fourth-order valence-corrected chi connectivity index (χ4v) is 4.98. The van der Waals surface area contributed by atoms with E-state index < -0.39 is 5.54 Å². The molecule has 0 saturated heterocycles. The molecule has 4 aromatic carbocycles. The molecule has 0 fully saturated rings. The SMILES string of the molecule is O=C(S/C=C\c1cnn(C(c2ccccc2)(c2ccccc2)c2ccccc2)c1)c1ccccc1. The van der Waals surface area contributed by atoms with Crippen molar-refractivity contribution in [2.24, 2.45) is 0 Å². The average molecular weight is 473 g/mol. The molecule has 1 aromatic heterocycles. The van der Waals surface area contributed by atoms with Gasteiger partial charge < -0.3 is 0 Å². The summed E-state index contributed by atoms with van der Waals surface area (Å²) in [4.78, 5) is 12.4. The predicted molar refractivity (Wildman–Crippen MR) is 144 cm³/mol. The molecule has 1 heterocycles. The van der Waals surface area contributed by atoms with Gasteiger partial charge in [0.05, 0.1) is 6.20 Å². The molecule has 5 aromatic rings. The summed E-state index contributed by atoms with van der Waals surface area (Å²) in [5.41, 5.74) is 4.31. The largest absolute Gasteiger partial charge is 0.281 e. The average Bonchev–Trinajstić information content (AvgIpc) is 3.40. The van der Waals surface area contributed by atoms with Gasteiger partial charge in [0.2, 0.25) is 5.12 Å². The third-order valence-corrected chi connectivity index (χ3v) is 6.69. The Balaban J connectivity index is 1.57. The number of benzene rings is 4. The molecule has 3 nitrogen and oxygen atoms in total. The molecule has 0 radical (unpaired) electrons. The minimum absolute atomic E-state index is 0.0152. The molecular formula is C31H24N2OS. The molecule has 170 valence electrons. The van der Waals surface area contributed by atoms with Crippen LogP contribution in [0.2, 0.25) is 0 Å². The monoisotopic (exact) mass is 472 g/mol. The fraction of sp³-hybridized carbons (Fsp3) is 0.0323. The highest BCUT2D eigenvalue weighted by molar-refractivity contribution is 8.16. The van der Waals surface area contributed by atoms with Crippen LogP contribution < -0.4 is 0 Å². The Kier molecular flexibility index (Phi) is 6.73. The van der Waals surface area contributed by atoms with E-state index in [4.69, 9.17) is 5.10 Å². The van der Waals surface area contributed by atoms with Gasteiger partial charge in [-0.3, -0.25) is 9.48 Å². The van der Waals surface area contributed by atoms with Crippen LogP contribution in [0.25, 0.3) is 6.08 Å². The van der Waals surface area contributed by atoms with Gasteiger partial charge in [-0.15, -0.1) is 0 Å². The lowest BCUT2D eigenvalue weighted by Crippen LogP contribution is -2.38. The van der Waals surface area contributed by atoms with E-state index in [9.17, 15) is 4.79 Å². The van der Waals surface area contributed by atoms with Gasteiger partial charge in [0.15, 0.2) is 0 Å². The zero-order chi connectivity index (χ0) is 23.9. The lowest BCUT2D eigenvalue weighted by Gasteiger charge is -2.36. The van der Waals surface area contributed by atoms with E-state index in [-0.39, 0.29) is 5.12 Å². The highest BCUT2D eigenvalue weighted by Crippen LogP contribution is 2.40. The Morgan fingerprint density at radius 2 is 1.14 bits per heavy atom. The first-order chi connectivity index (χ1) is 17.3. The van der Waals surface area contributed by atoms with E-state index in [0.717, 1.165) is 22.3 Å². The molecular weight excluding hydrogens is 448 g/mol. The van der Waals surface area contributed by atoms with Gasteiger partial charge in [0.1, 0.15) is 5.54 Å². The van der Waals surface area contributed by atoms with Crippen LogP contribution in [0, 0.1) is 0 Å². The summed E-state index contributed by atoms with van der Waals surface area (Å²) in [5.74, 6) is 0. The van der Waals surface area contributed by atoms with Crippen molar-refractivity contribution in [3.8, 4) is 0 Å². The molecule has 4 heteroatoms. The Morgan fingerprint density at radius 1 is 0.686 bits per heavy atom. The topological polar surface area (TPSA) is 34.9 Å². The second-order valence-corrected chi connectivity index (χ2v) is 8.98. The minimum Gasteiger partial charge on any atom is -0.281 e. The minimum atomic E-state index is -0.650. The molecule has 0 saturated carbocycles. The Bertz CT molecular complexity index is 1320. The zero-order valence-corrected chi connectivity index (χ0v) is 19.9. The van der Waals surface area contributed by atoms with Crippen LogP contribution >= 0.6 is 11.8 Å². The summed E-state index contributed by atoms with van der Waals surface area (Å²) in [6, 6.07) is 40.6. The summed E-state index contributed by atoms with van der Waals surface area (Å²) >= 11 is 1.17. The Labute approximate surface area is 209 Å². The van der Waals surface area contributed by atoms with Crippen molar-refractivity contribution < 1.29 is 4.79 Å². The van der Waals surface area contributed by atoms with Crippen molar-refractivity contribution >= 4 is 23.0 Å². The standard InChI is InChI=1S/C31H24N2OS/c34-30(26-13-5-1-6-14-26)35-22-21-25-23-32-33(24-25)31(27-15-7-2-8-16-27,28-17-9-3-10-18-28)29-19-11-4-12-20-29/h1-24H/b22-21-. The van der Waals surface area contributed by atoms with Crippen LogP contribution in [0.3, 0.4) is 0 Å². The van der Waals surface area contributed by atoms with Gasteiger partial charge in [-0.2, -0.15) is 5.10 Å². The number of thioether (sulfide) groups is 1. The van der Waals surface area contributed by atoms with Crippen LogP contribution in [-0.2, 0) is 5.54 Å². The molecule has 5 rings (SSSR count). The van der Waals surface area contributed by atoms with Crippen LogP contribution in [0.4, 0.5) is 0 Å². The number of hydrogen-bond acceptors (Lipinski definition) is 3. The van der Waals surface area contributed by atoms with Crippen molar-refractivity contribution in [1.82, 2.24) is 9.78 Å². The Morgan fingerprint density at radius 3 is 1.63 bits per heavy atom. The molecule has 0 aliphatic heterocycles. The third kappa shape index (κ3) is 4.61. The number of hydrogen-bond donors (Lipinski definition) is 0. The summed E-state index contributed by atoms with van der Waals surface area (Å²) in [6.45, 7) is 0. The lowest BCUT2D eigenvalue weighted by molar-refractivity contribution is 0.109. The van der Waals surface area contributed by atoms with E-state index in [0.29, 0.717) is 5.56 Å². The highest BCUT2D eigenvalue weighted by atomic mass is 32.2. The summed E-state index contributed by atoms with van der Waals surface area (Å²) in [5, 5.41) is 6.69. The van der Waals surface area contributed by atoms with E-state index in [2.05, 4.69) is 72.8 Å². The van der Waals surface area contributed by atoms with Crippen LogP contribution in [0.5, 0.6) is 0 Å². The third-order valence-electron chi connectivity index (χ3n) is 5.97. The Hall–Kier alpha value is -4.15. The first-order valence-electron chi connectivity index (χ1n) is 11.4. The number of nitrogens with zero attached hydrogens (tertiary/aromatic N) is 2. The number of carbonyl (C=O) groups is 1. The van der Waals surface area contributed by atoms with E-state index >= 15 is 0 Å². The van der Waals surface area contributed by atoms with Crippen LogP contribution in [0.1, 0.15) is 32.6 Å². The van der Waals surface area contributed by atoms with Gasteiger partial charge in [-0.1, -0.05) is 133 Å². The maximum Gasteiger partial charge on any atom is 0.223 e. The second kappa shape index (κ2) is 10.4. The maximum absolute atomic E-state index is 12.4. The van der Waals surface area contributed by atoms with Gasteiger partial charge in [0.25, 0.3) is 0 Å². The van der Waals surface area contributed by atoms with E-state index in [1.807, 2.05) is 77.1 Å². The first kappa shape index (κ1) is 22.6. The van der Waals surface area contributed by atoms with Crippen molar-refractivity contribution in [3.63, 3.8) is 0 Å². The molecule has 0 aliphatic rings. The molecule has 0 bridgehead atoms. The summed E-state index contributed by atoms with van der Waals surface area (Å²) in [7, 11) is 0. The molecule has 35 heavy (non-hydrogen) atoms. The van der Waals surface area contributed by atoms with Crippen molar-refractivity contribution in [2.75, 3.05) is 0 Å². The second-order valence-electron chi connectivity index (χ2n) is 8.10. The molecule has 0 unspecified atom stereocenters. The molecule has 0 spiro atoms. The smallest absolute Gasteiger partial charge is 0.223 e. The van der Waals surface area contributed by atoms with E-state index in [1.165, 1.54) is 11.8 Å². The zero-order valence-electron chi connectivity index (χ0n) is 19.1. The predicted octanol–water partition coefficient (Wildman–Crippen LogP) is 7.27. The summed E-state index contributed by atoms with van der Waals surface area (Å²) < 4.78 is 2.02. The normalized spacial score (nSPS) is 11.5. The van der Waals surface area contributed by atoms with Gasteiger partial charge in [0, 0.05) is 17.3 Å². The van der Waals surface area contributed by atoms with Gasteiger partial charge >= 0.3 is 0 Å². The lowest BCUT2D eigenvalue weighted by atomic mass is 9.77. The fourth-order valence-electron chi connectivity index (χ4n) is 4.36. The number of carbonyl (C=O) groups excluding carboxylic acids is 1. The number of aromatic nitrogens is 2. The van der Waals surface area contributed by atoms with Gasteiger partial charge in [-0.25, -0.2) is 0 Å². The summed E-state index contributed by atoms with van der Waals surface area (Å²) in [6.07, 6.45) is 5.81. The molecule has 0 N–H and O–H groups in total. The van der Waals surface area contributed by atoms with Crippen LogP contribution in [0.15, 0.2) is 139 Å². The molecule has 0 atom stereocenters. The number of rotatable bonds is 7.